The summed E-state index contributed by atoms with van der Waals surface area (Å²) < 4.78 is 13.1. The smallest absolute Gasteiger partial charge is 0.319 e. The molecule has 2 aliphatic rings. The number of hydrogen-bond acceptors (Lipinski definition) is 2. The average molecular weight is 263 g/mol. The van der Waals surface area contributed by atoms with Crippen LogP contribution in [0.1, 0.15) is 30.7 Å². The van der Waals surface area contributed by atoms with Gasteiger partial charge in [0.15, 0.2) is 0 Å². The molecule has 4 nitrogen and oxygen atoms in total. The van der Waals surface area contributed by atoms with Crippen LogP contribution in [-0.2, 0) is 9.59 Å². The molecule has 0 bridgehead atoms. The van der Waals surface area contributed by atoms with Crippen molar-refractivity contribution in [3.8, 4) is 0 Å². The van der Waals surface area contributed by atoms with Crippen LogP contribution < -0.4 is 5.32 Å². The van der Waals surface area contributed by atoms with Gasteiger partial charge in [0.2, 0.25) is 5.91 Å². The molecule has 0 aliphatic heterocycles. The van der Waals surface area contributed by atoms with Crippen LogP contribution in [0.2, 0.25) is 0 Å². The molecule has 19 heavy (non-hydrogen) atoms. The zero-order chi connectivity index (χ0) is 13.6. The predicted molar refractivity (Wildman–Crippen MR) is 65.0 cm³/mol. The number of carboxylic acids is 1. The molecular formula is C14H14FNO3. The number of carbonyl (C=O) groups is 2. The third kappa shape index (κ3) is 2.09. The second kappa shape index (κ2) is 4.05. The molecule has 0 radical (unpaired) electrons. The number of amides is 1. The molecule has 1 aromatic carbocycles. The van der Waals surface area contributed by atoms with E-state index >= 15 is 0 Å². The maximum absolute atomic E-state index is 13.1. The highest BCUT2D eigenvalue weighted by Gasteiger charge is 2.58. The van der Waals surface area contributed by atoms with E-state index in [0.717, 1.165) is 12.0 Å². The van der Waals surface area contributed by atoms with Crippen molar-refractivity contribution in [2.45, 2.75) is 31.2 Å². The molecule has 3 rings (SSSR count). The van der Waals surface area contributed by atoms with Crippen molar-refractivity contribution >= 4 is 11.9 Å². The van der Waals surface area contributed by atoms with E-state index in [2.05, 4.69) is 5.32 Å². The zero-order valence-electron chi connectivity index (χ0n) is 10.2. The highest BCUT2D eigenvalue weighted by Crippen LogP contribution is 2.48. The molecule has 2 fully saturated rings. The Bertz CT molecular complexity index is 553. The van der Waals surface area contributed by atoms with E-state index in [1.165, 1.54) is 12.1 Å². The van der Waals surface area contributed by atoms with Gasteiger partial charge in [-0.25, -0.2) is 4.39 Å². The lowest BCUT2D eigenvalue weighted by Gasteiger charge is -2.10. The maximum Gasteiger partial charge on any atom is 0.319 e. The summed E-state index contributed by atoms with van der Waals surface area (Å²) in [6.07, 6.45) is 1.56. The summed E-state index contributed by atoms with van der Waals surface area (Å²) in [6, 6.07) is 6.24. The maximum atomic E-state index is 13.1. The minimum Gasteiger partial charge on any atom is -0.480 e. The molecule has 0 unspecified atom stereocenters. The Morgan fingerprint density at radius 1 is 1.37 bits per heavy atom. The Labute approximate surface area is 109 Å². The van der Waals surface area contributed by atoms with E-state index < -0.39 is 17.3 Å². The van der Waals surface area contributed by atoms with Crippen LogP contribution in [0.5, 0.6) is 0 Å². The number of nitrogens with one attached hydrogen (secondary N) is 1. The van der Waals surface area contributed by atoms with Crippen LogP contribution in [0, 0.1) is 11.2 Å². The molecule has 2 saturated carbocycles. The van der Waals surface area contributed by atoms with Crippen LogP contribution in [0.15, 0.2) is 24.3 Å². The number of benzene rings is 1. The van der Waals surface area contributed by atoms with E-state index in [4.69, 9.17) is 5.11 Å². The molecule has 100 valence electrons. The zero-order valence-corrected chi connectivity index (χ0v) is 10.2. The van der Waals surface area contributed by atoms with Crippen molar-refractivity contribution in [3.63, 3.8) is 0 Å². The van der Waals surface area contributed by atoms with Crippen molar-refractivity contribution in [2.75, 3.05) is 0 Å². The molecule has 1 aromatic rings. The fourth-order valence-electron chi connectivity index (χ4n) is 2.43. The van der Waals surface area contributed by atoms with Gasteiger partial charge in [-0.1, -0.05) is 12.1 Å². The molecule has 0 aromatic heterocycles. The molecule has 0 heterocycles. The van der Waals surface area contributed by atoms with Gasteiger partial charge in [-0.05, 0) is 37.0 Å². The number of rotatable bonds is 4. The SMILES string of the molecule is O=C(O)C1(C(=O)N[C@H]2C[C@@H]2c2cccc(F)c2)CC1. The van der Waals surface area contributed by atoms with Gasteiger partial charge in [0, 0.05) is 12.0 Å². The van der Waals surface area contributed by atoms with E-state index in [1.54, 1.807) is 6.07 Å². The van der Waals surface area contributed by atoms with Gasteiger partial charge < -0.3 is 10.4 Å². The monoisotopic (exact) mass is 263 g/mol. The summed E-state index contributed by atoms with van der Waals surface area (Å²) in [5, 5.41) is 11.8. The Hall–Kier alpha value is -1.91. The first-order valence-corrected chi connectivity index (χ1v) is 6.33. The van der Waals surface area contributed by atoms with E-state index in [1.807, 2.05) is 6.07 Å². The van der Waals surface area contributed by atoms with Gasteiger partial charge in [0.05, 0.1) is 0 Å². The van der Waals surface area contributed by atoms with Gasteiger partial charge in [-0.15, -0.1) is 0 Å². The quantitative estimate of drug-likeness (QED) is 0.812. The Morgan fingerprint density at radius 2 is 2.11 bits per heavy atom. The van der Waals surface area contributed by atoms with Gasteiger partial charge in [-0.3, -0.25) is 9.59 Å². The van der Waals surface area contributed by atoms with Crippen LogP contribution in [0.25, 0.3) is 0 Å². The minimum atomic E-state index is -1.20. The molecule has 0 spiro atoms. The van der Waals surface area contributed by atoms with Crippen LogP contribution >= 0.6 is 0 Å². The van der Waals surface area contributed by atoms with Gasteiger partial charge >= 0.3 is 5.97 Å². The summed E-state index contributed by atoms with van der Waals surface area (Å²) in [7, 11) is 0. The van der Waals surface area contributed by atoms with Crippen LogP contribution in [0.3, 0.4) is 0 Å². The van der Waals surface area contributed by atoms with Gasteiger partial charge in [-0.2, -0.15) is 0 Å². The molecule has 2 aliphatic carbocycles. The van der Waals surface area contributed by atoms with E-state index in [9.17, 15) is 14.0 Å². The number of carboxylic acid groups (broad SMARTS) is 1. The fraction of sp³-hybridized carbons (Fsp3) is 0.429. The lowest BCUT2D eigenvalue weighted by molar-refractivity contribution is -0.149. The van der Waals surface area contributed by atoms with Gasteiger partial charge in [0.1, 0.15) is 11.2 Å². The topological polar surface area (TPSA) is 66.4 Å². The van der Waals surface area contributed by atoms with Crippen molar-refractivity contribution < 1.29 is 19.1 Å². The first-order valence-electron chi connectivity index (χ1n) is 6.33. The Kier molecular flexibility index (Phi) is 2.59. The van der Waals surface area contributed by atoms with Crippen LogP contribution in [-0.4, -0.2) is 23.0 Å². The highest BCUT2D eigenvalue weighted by molar-refractivity contribution is 6.05. The minimum absolute atomic E-state index is 0.0638. The van der Waals surface area contributed by atoms with E-state index in [0.29, 0.717) is 12.8 Å². The summed E-state index contributed by atoms with van der Waals surface area (Å²) in [4.78, 5) is 22.9. The second-order valence-corrected chi connectivity index (χ2v) is 5.36. The fourth-order valence-corrected chi connectivity index (χ4v) is 2.43. The molecule has 1 amide bonds. The summed E-state index contributed by atoms with van der Waals surface area (Å²) >= 11 is 0. The molecule has 2 atom stereocenters. The molecule has 0 saturated heterocycles. The summed E-state index contributed by atoms with van der Waals surface area (Å²) in [6.45, 7) is 0. The lowest BCUT2D eigenvalue weighted by Crippen LogP contribution is -2.38. The molecule has 2 N–H and O–H groups in total. The summed E-state index contributed by atoms with van der Waals surface area (Å²) in [5.41, 5.74) is -0.347. The first-order chi connectivity index (χ1) is 9.03. The Balaban J connectivity index is 1.62. The van der Waals surface area contributed by atoms with Crippen molar-refractivity contribution in [1.82, 2.24) is 5.32 Å². The number of hydrogen-bond donors (Lipinski definition) is 2. The normalized spacial score (nSPS) is 26.6. The summed E-state index contributed by atoms with van der Waals surface area (Å²) in [5.74, 6) is -1.64. The van der Waals surface area contributed by atoms with Crippen molar-refractivity contribution in [2.24, 2.45) is 5.41 Å². The molecule has 5 heteroatoms. The number of halogens is 1. The third-order valence-corrected chi connectivity index (χ3v) is 3.98. The Morgan fingerprint density at radius 3 is 2.68 bits per heavy atom. The van der Waals surface area contributed by atoms with Crippen molar-refractivity contribution in [3.05, 3.63) is 35.6 Å². The standard InChI is InChI=1S/C14H14FNO3/c15-9-3-1-2-8(6-9)10-7-11(10)16-12(17)14(4-5-14)13(18)19/h1-3,6,10-11H,4-5,7H2,(H,16,17)(H,18,19)/t10-,11+/m1/s1. The van der Waals surface area contributed by atoms with Crippen LogP contribution in [0.4, 0.5) is 4.39 Å². The largest absolute Gasteiger partial charge is 0.480 e. The lowest BCUT2D eigenvalue weighted by atomic mass is 10.1. The predicted octanol–water partition coefficient (Wildman–Crippen LogP) is 1.66. The van der Waals surface area contributed by atoms with Gasteiger partial charge in [0.25, 0.3) is 0 Å². The third-order valence-electron chi connectivity index (χ3n) is 3.98. The highest BCUT2D eigenvalue weighted by atomic mass is 19.1. The number of aliphatic carboxylic acids is 1. The van der Waals surface area contributed by atoms with E-state index in [-0.39, 0.29) is 17.8 Å². The van der Waals surface area contributed by atoms with Crippen molar-refractivity contribution in [1.29, 1.82) is 0 Å². The average Bonchev–Trinajstić information content (AvgIpc) is 3.23. The second-order valence-electron chi connectivity index (χ2n) is 5.36. The first kappa shape index (κ1) is 12.1. The molecular weight excluding hydrogens is 249 g/mol. The number of carbonyl (C=O) groups excluding carboxylic acids is 1.